The molecule has 1 heterocycles. The van der Waals surface area contributed by atoms with Crippen molar-refractivity contribution in [3.63, 3.8) is 0 Å². The Labute approximate surface area is 105 Å². The van der Waals surface area contributed by atoms with Gasteiger partial charge in [0.1, 0.15) is 5.75 Å². The predicted molar refractivity (Wildman–Crippen MR) is 64.2 cm³/mol. The molecule has 1 aromatic rings. The number of hydrogen-bond donors (Lipinski definition) is 3. The summed E-state index contributed by atoms with van der Waals surface area (Å²) in [6, 6.07) is 0.817. The summed E-state index contributed by atoms with van der Waals surface area (Å²) in [4.78, 5) is 26.2. The van der Waals surface area contributed by atoms with E-state index in [1.165, 1.54) is 18.5 Å². The third-order valence-electron chi connectivity index (χ3n) is 2.50. The summed E-state index contributed by atoms with van der Waals surface area (Å²) in [5.74, 6) is -1.53. The Balaban J connectivity index is 2.75. The maximum atomic E-state index is 11.8. The number of aromatic nitrogens is 1. The average molecular weight is 252 g/mol. The van der Waals surface area contributed by atoms with Gasteiger partial charge >= 0.3 is 5.97 Å². The molecular weight excluding hydrogens is 236 g/mol. The number of aliphatic carboxylic acids is 1. The van der Waals surface area contributed by atoms with Crippen molar-refractivity contribution in [2.45, 2.75) is 26.3 Å². The summed E-state index contributed by atoms with van der Waals surface area (Å²) in [6.07, 6.45) is 2.39. The van der Waals surface area contributed by atoms with Gasteiger partial charge in [-0.15, -0.1) is 0 Å². The molecule has 98 valence electrons. The number of carbonyl (C=O) groups excluding carboxylic acids is 1. The maximum absolute atomic E-state index is 11.8. The molecule has 1 amide bonds. The van der Waals surface area contributed by atoms with Crippen LogP contribution in [0.25, 0.3) is 0 Å². The zero-order chi connectivity index (χ0) is 13.7. The van der Waals surface area contributed by atoms with Gasteiger partial charge in [0, 0.05) is 12.2 Å². The summed E-state index contributed by atoms with van der Waals surface area (Å²) >= 11 is 0. The number of carboxylic acid groups (broad SMARTS) is 1. The van der Waals surface area contributed by atoms with Gasteiger partial charge in [-0.3, -0.25) is 14.6 Å². The normalized spacial score (nSPS) is 12.2. The number of rotatable bonds is 5. The number of nitrogens with one attached hydrogen (secondary N) is 1. The minimum absolute atomic E-state index is 0.00433. The molecule has 0 spiro atoms. The van der Waals surface area contributed by atoms with E-state index in [0.29, 0.717) is 0 Å². The van der Waals surface area contributed by atoms with Crippen LogP contribution >= 0.6 is 0 Å². The monoisotopic (exact) mass is 252 g/mol. The fourth-order valence-electron chi connectivity index (χ4n) is 1.45. The van der Waals surface area contributed by atoms with Gasteiger partial charge in [0.15, 0.2) is 0 Å². The molecule has 1 aromatic heterocycles. The second-order valence-electron chi connectivity index (χ2n) is 4.35. The molecule has 0 aliphatic carbocycles. The number of pyridine rings is 1. The Bertz CT molecular complexity index is 445. The van der Waals surface area contributed by atoms with Crippen LogP contribution < -0.4 is 5.32 Å². The highest BCUT2D eigenvalue weighted by molar-refractivity contribution is 5.94. The van der Waals surface area contributed by atoms with Crippen LogP contribution in [-0.4, -0.2) is 33.1 Å². The van der Waals surface area contributed by atoms with Gasteiger partial charge in [0.2, 0.25) is 0 Å². The van der Waals surface area contributed by atoms with Gasteiger partial charge in [-0.2, -0.15) is 0 Å². The highest BCUT2D eigenvalue weighted by Crippen LogP contribution is 2.11. The van der Waals surface area contributed by atoms with Crippen LogP contribution in [-0.2, 0) is 4.79 Å². The lowest BCUT2D eigenvalue weighted by Crippen LogP contribution is -2.40. The largest absolute Gasteiger partial charge is 0.506 e. The van der Waals surface area contributed by atoms with Gasteiger partial charge in [-0.1, -0.05) is 13.8 Å². The van der Waals surface area contributed by atoms with E-state index >= 15 is 0 Å². The summed E-state index contributed by atoms with van der Waals surface area (Å²) in [7, 11) is 0. The Kier molecular flexibility index (Phi) is 4.65. The smallest absolute Gasteiger partial charge is 0.305 e. The molecule has 1 unspecified atom stereocenters. The SMILES string of the molecule is CC(C)C(CC(=O)O)NC(=O)c1cncc(O)c1. The summed E-state index contributed by atoms with van der Waals surface area (Å²) in [5, 5.41) is 20.6. The lowest BCUT2D eigenvalue weighted by atomic mass is 10.0. The van der Waals surface area contributed by atoms with Crippen LogP contribution in [0.3, 0.4) is 0 Å². The van der Waals surface area contributed by atoms with Crippen LogP contribution in [0.2, 0.25) is 0 Å². The van der Waals surface area contributed by atoms with E-state index in [4.69, 9.17) is 5.11 Å². The van der Waals surface area contributed by atoms with Gasteiger partial charge < -0.3 is 15.5 Å². The zero-order valence-corrected chi connectivity index (χ0v) is 10.3. The molecule has 0 aromatic carbocycles. The van der Waals surface area contributed by atoms with Crippen molar-refractivity contribution >= 4 is 11.9 Å². The number of nitrogens with zero attached hydrogens (tertiary/aromatic N) is 1. The molecule has 0 aliphatic rings. The number of aromatic hydroxyl groups is 1. The van der Waals surface area contributed by atoms with Crippen LogP contribution in [0.15, 0.2) is 18.5 Å². The van der Waals surface area contributed by atoms with E-state index < -0.39 is 17.9 Å². The molecule has 18 heavy (non-hydrogen) atoms. The molecule has 0 fully saturated rings. The Morgan fingerprint density at radius 1 is 1.39 bits per heavy atom. The summed E-state index contributed by atoms with van der Waals surface area (Å²) in [6.45, 7) is 3.66. The summed E-state index contributed by atoms with van der Waals surface area (Å²) < 4.78 is 0. The molecule has 0 aliphatic heterocycles. The lowest BCUT2D eigenvalue weighted by molar-refractivity contribution is -0.137. The third kappa shape index (κ3) is 4.04. The highest BCUT2D eigenvalue weighted by atomic mass is 16.4. The highest BCUT2D eigenvalue weighted by Gasteiger charge is 2.20. The molecule has 0 saturated heterocycles. The zero-order valence-electron chi connectivity index (χ0n) is 10.3. The van der Waals surface area contributed by atoms with Crippen molar-refractivity contribution in [2.75, 3.05) is 0 Å². The van der Waals surface area contributed by atoms with Crippen LogP contribution in [0, 0.1) is 5.92 Å². The minimum atomic E-state index is -0.969. The van der Waals surface area contributed by atoms with E-state index in [-0.39, 0.29) is 23.7 Å². The molecule has 6 heteroatoms. The molecule has 0 bridgehead atoms. The Morgan fingerprint density at radius 3 is 2.56 bits per heavy atom. The van der Waals surface area contributed by atoms with E-state index in [0.717, 1.165) is 0 Å². The maximum Gasteiger partial charge on any atom is 0.305 e. The van der Waals surface area contributed by atoms with Crippen LogP contribution in [0.5, 0.6) is 5.75 Å². The third-order valence-corrected chi connectivity index (χ3v) is 2.50. The van der Waals surface area contributed by atoms with Gasteiger partial charge in [-0.05, 0) is 12.0 Å². The second kappa shape index (κ2) is 6.00. The fraction of sp³-hybridized carbons (Fsp3) is 0.417. The lowest BCUT2D eigenvalue weighted by Gasteiger charge is -2.20. The molecule has 6 nitrogen and oxygen atoms in total. The van der Waals surface area contributed by atoms with Crippen LogP contribution in [0.4, 0.5) is 0 Å². The molecule has 3 N–H and O–H groups in total. The van der Waals surface area contributed by atoms with Crippen LogP contribution in [0.1, 0.15) is 30.6 Å². The van der Waals surface area contributed by atoms with Crippen molar-refractivity contribution in [1.29, 1.82) is 0 Å². The van der Waals surface area contributed by atoms with E-state index in [2.05, 4.69) is 10.3 Å². The fourth-order valence-corrected chi connectivity index (χ4v) is 1.45. The van der Waals surface area contributed by atoms with E-state index in [1.807, 2.05) is 13.8 Å². The van der Waals surface area contributed by atoms with E-state index in [1.54, 1.807) is 0 Å². The van der Waals surface area contributed by atoms with Gasteiger partial charge in [-0.25, -0.2) is 0 Å². The average Bonchev–Trinajstić information content (AvgIpc) is 2.27. The quantitative estimate of drug-likeness (QED) is 0.726. The van der Waals surface area contributed by atoms with Crippen molar-refractivity contribution in [3.8, 4) is 5.75 Å². The number of hydrogen-bond acceptors (Lipinski definition) is 4. The number of amides is 1. The number of carboxylic acids is 1. The first-order chi connectivity index (χ1) is 8.40. The second-order valence-corrected chi connectivity index (χ2v) is 4.35. The predicted octanol–water partition coefficient (Wildman–Crippen LogP) is 1.02. The minimum Gasteiger partial charge on any atom is -0.506 e. The number of carbonyl (C=O) groups is 2. The topological polar surface area (TPSA) is 99.5 Å². The standard InChI is InChI=1S/C12H16N2O4/c1-7(2)10(4-11(16)17)14-12(18)8-3-9(15)6-13-5-8/h3,5-7,10,15H,4H2,1-2H3,(H,14,18)(H,16,17). The van der Waals surface area contributed by atoms with Crippen molar-refractivity contribution < 1.29 is 19.8 Å². The van der Waals surface area contributed by atoms with Crippen molar-refractivity contribution in [1.82, 2.24) is 10.3 Å². The molecular formula is C12H16N2O4. The first-order valence-corrected chi connectivity index (χ1v) is 5.57. The van der Waals surface area contributed by atoms with Gasteiger partial charge in [0.05, 0.1) is 18.2 Å². The molecule has 0 radical (unpaired) electrons. The first-order valence-electron chi connectivity index (χ1n) is 5.57. The van der Waals surface area contributed by atoms with Gasteiger partial charge in [0.25, 0.3) is 5.91 Å². The summed E-state index contributed by atoms with van der Waals surface area (Å²) in [5.41, 5.74) is 0.200. The Hall–Kier alpha value is -2.11. The van der Waals surface area contributed by atoms with Crippen molar-refractivity contribution in [3.05, 3.63) is 24.0 Å². The Morgan fingerprint density at radius 2 is 2.06 bits per heavy atom. The van der Waals surface area contributed by atoms with Crippen molar-refractivity contribution in [2.24, 2.45) is 5.92 Å². The molecule has 1 rings (SSSR count). The molecule has 1 atom stereocenters. The molecule has 0 saturated carbocycles. The van der Waals surface area contributed by atoms with E-state index in [9.17, 15) is 14.7 Å². The first kappa shape index (κ1) is 14.0.